The van der Waals surface area contributed by atoms with Gasteiger partial charge in [-0.1, -0.05) is 36.4 Å². The lowest BCUT2D eigenvalue weighted by Crippen LogP contribution is -2.09. The summed E-state index contributed by atoms with van der Waals surface area (Å²) in [5, 5.41) is 3.90. The van der Waals surface area contributed by atoms with Gasteiger partial charge in [-0.25, -0.2) is 7.14 Å². The molecule has 0 atom stereocenters. The molecule has 0 nitrogen and oxygen atoms in total. The van der Waals surface area contributed by atoms with Crippen molar-refractivity contribution in [2.75, 3.05) is 13.3 Å². The van der Waals surface area contributed by atoms with Gasteiger partial charge in [-0.05, 0) is 11.5 Å². The maximum atomic E-state index is 6.23. The zero-order valence-corrected chi connectivity index (χ0v) is 9.46. The molecule has 0 aliphatic heterocycles. The number of benzene rings is 2. The maximum Gasteiger partial charge on any atom is 0.0490 e. The van der Waals surface area contributed by atoms with Crippen molar-refractivity contribution in [2.45, 2.75) is 0 Å². The van der Waals surface area contributed by atoms with Crippen LogP contribution in [-0.2, 0) is 0 Å². The molecule has 0 saturated carbocycles. The average Bonchev–Trinajstić information content (AvgIpc) is 2.15. The first-order valence-electron chi connectivity index (χ1n) is 4.70. The molecule has 3 radical (unpaired) electrons. The predicted molar refractivity (Wildman–Crippen MR) is 68.1 cm³/mol. The van der Waals surface area contributed by atoms with Crippen LogP contribution >= 0.6 is 7.14 Å². The lowest BCUT2D eigenvalue weighted by molar-refractivity contribution is 1.78. The summed E-state index contributed by atoms with van der Waals surface area (Å²) in [5.74, 6) is 0. The van der Waals surface area contributed by atoms with Crippen LogP contribution in [0.2, 0.25) is 0 Å². The number of fused-ring (bicyclic) bond motifs is 1. The molecule has 69 valence electrons. The van der Waals surface area contributed by atoms with Gasteiger partial charge in [0.15, 0.2) is 0 Å². The molecule has 0 aliphatic carbocycles. The van der Waals surface area contributed by atoms with E-state index in [9.17, 15) is 0 Å². The molecule has 2 aromatic carbocycles. The Labute approximate surface area is 87.0 Å². The van der Waals surface area contributed by atoms with E-state index in [0.29, 0.717) is 0 Å². The third kappa shape index (κ3) is 1.70. The zero-order valence-electron chi connectivity index (χ0n) is 8.57. The molecule has 14 heavy (non-hydrogen) atoms. The van der Waals surface area contributed by atoms with E-state index in [1.54, 1.807) is 0 Å². The van der Waals surface area contributed by atoms with Crippen molar-refractivity contribution in [3.63, 3.8) is 0 Å². The third-order valence-electron chi connectivity index (χ3n) is 2.39. The quantitative estimate of drug-likeness (QED) is 0.489. The third-order valence-corrected chi connectivity index (χ3v) is 4.02. The molecule has 0 amide bonds. The minimum Gasteiger partial charge on any atom is -0.300 e. The molecule has 0 saturated heterocycles. The molecule has 0 aromatic heterocycles. The fourth-order valence-electron chi connectivity index (χ4n) is 1.71. The molecule has 2 aromatic rings. The van der Waals surface area contributed by atoms with E-state index in [-0.39, 0.29) is 0 Å². The van der Waals surface area contributed by atoms with Crippen LogP contribution in [0.15, 0.2) is 42.5 Å². The summed E-state index contributed by atoms with van der Waals surface area (Å²) in [7, 11) is 4.82. The van der Waals surface area contributed by atoms with Crippen molar-refractivity contribution in [3.05, 3.63) is 42.5 Å². The molecule has 0 N–H and O–H groups in total. The van der Waals surface area contributed by atoms with Gasteiger partial charge in [0, 0.05) is 24.0 Å². The van der Waals surface area contributed by atoms with E-state index < -0.39 is 7.14 Å². The van der Waals surface area contributed by atoms with E-state index in [4.69, 9.17) is 7.57 Å². The molecule has 0 heterocycles. The highest BCUT2D eigenvalue weighted by molar-refractivity contribution is 8.02. The number of hydrogen-bond acceptors (Lipinski definition) is 0. The molecule has 0 fully saturated rings. The fraction of sp³-hybridized carbons (Fsp3) is 0.167. The van der Waals surface area contributed by atoms with E-state index in [0.717, 1.165) is 0 Å². The molecule has 0 spiro atoms. The summed E-state index contributed by atoms with van der Waals surface area (Å²) in [4.78, 5) is 0. The van der Waals surface area contributed by atoms with Gasteiger partial charge < -0.3 is 0 Å². The second-order valence-corrected chi connectivity index (χ2v) is 7.60. The highest BCUT2D eigenvalue weighted by Gasteiger charge is 2.11. The summed E-state index contributed by atoms with van der Waals surface area (Å²) < 4.78 is 0. The standard InChI is InChI=1S/C12H13BP/c1-14(2,13)12-9-5-7-10-6-3-4-8-11(10)12/h3-9H,1-2H3. The first kappa shape index (κ1) is 9.74. The van der Waals surface area contributed by atoms with Crippen LogP contribution in [0.5, 0.6) is 0 Å². The van der Waals surface area contributed by atoms with Crippen LogP contribution in [0.3, 0.4) is 0 Å². The molecule has 2 heteroatoms. The molecule has 0 unspecified atom stereocenters. The van der Waals surface area contributed by atoms with Gasteiger partial charge in [-0.2, -0.15) is 0 Å². The number of rotatable bonds is 1. The summed E-state index contributed by atoms with van der Waals surface area (Å²) in [6.45, 7) is 4.30. The topological polar surface area (TPSA) is 0 Å². The Morgan fingerprint density at radius 1 is 0.929 bits per heavy atom. The van der Waals surface area contributed by atoms with Crippen molar-refractivity contribution < 1.29 is 0 Å². The van der Waals surface area contributed by atoms with Gasteiger partial charge in [0.05, 0.1) is 0 Å². The lowest BCUT2D eigenvalue weighted by Gasteiger charge is -2.27. The predicted octanol–water partition coefficient (Wildman–Crippen LogP) is 2.83. The monoisotopic (exact) mass is 199 g/mol. The SMILES string of the molecule is [B-][P+](C)(C)c1cccc2ccccc12. The van der Waals surface area contributed by atoms with E-state index in [1.165, 1.54) is 16.1 Å². The number of hydrogen-bond donors (Lipinski definition) is 0. The van der Waals surface area contributed by atoms with Crippen LogP contribution in [0, 0.1) is 0 Å². The molecular weight excluding hydrogens is 186 g/mol. The Morgan fingerprint density at radius 3 is 2.29 bits per heavy atom. The normalized spacial score (nSPS) is 11.9. The first-order chi connectivity index (χ1) is 6.59. The van der Waals surface area contributed by atoms with Gasteiger partial charge in [0.1, 0.15) is 0 Å². The Bertz CT molecular complexity index is 452. The van der Waals surface area contributed by atoms with E-state index in [2.05, 4.69) is 55.8 Å². The molecule has 0 bridgehead atoms. The maximum absolute atomic E-state index is 6.23. The van der Waals surface area contributed by atoms with Crippen LogP contribution in [-0.4, -0.2) is 20.9 Å². The Kier molecular flexibility index (Phi) is 2.37. The zero-order chi connectivity index (χ0) is 10.2. The Morgan fingerprint density at radius 2 is 1.57 bits per heavy atom. The largest absolute Gasteiger partial charge is 0.300 e. The van der Waals surface area contributed by atoms with Crippen molar-refractivity contribution in [1.82, 2.24) is 0 Å². The highest BCUT2D eigenvalue weighted by Crippen LogP contribution is 2.45. The van der Waals surface area contributed by atoms with Crippen LogP contribution in [0.25, 0.3) is 10.8 Å². The summed E-state index contributed by atoms with van der Waals surface area (Å²) in [6, 6.07) is 14.8. The average molecular weight is 199 g/mol. The van der Waals surface area contributed by atoms with Gasteiger partial charge in [-0.3, -0.25) is 7.57 Å². The van der Waals surface area contributed by atoms with Crippen molar-refractivity contribution in [3.8, 4) is 0 Å². The summed E-state index contributed by atoms with van der Waals surface area (Å²) >= 11 is 0. The van der Waals surface area contributed by atoms with E-state index in [1.807, 2.05) is 0 Å². The Balaban J connectivity index is 2.78. The first-order valence-corrected chi connectivity index (χ1v) is 7.45. The van der Waals surface area contributed by atoms with Gasteiger partial charge in [-0.15, -0.1) is 0 Å². The second-order valence-electron chi connectivity index (χ2n) is 4.04. The van der Waals surface area contributed by atoms with Crippen LogP contribution in [0.4, 0.5) is 0 Å². The summed E-state index contributed by atoms with van der Waals surface area (Å²) in [5.41, 5.74) is 0. The fourth-order valence-corrected chi connectivity index (χ4v) is 3.01. The molecular formula is C12H13BP. The highest BCUT2D eigenvalue weighted by atomic mass is 31.2. The minimum atomic E-state index is -1.41. The van der Waals surface area contributed by atoms with Gasteiger partial charge in [0.2, 0.25) is 0 Å². The molecule has 0 aliphatic rings. The smallest absolute Gasteiger partial charge is 0.0490 e. The van der Waals surface area contributed by atoms with Crippen molar-refractivity contribution in [1.29, 1.82) is 0 Å². The van der Waals surface area contributed by atoms with Gasteiger partial charge in [0.25, 0.3) is 0 Å². The Hall–Kier alpha value is -0.805. The molecule has 2 rings (SSSR count). The summed E-state index contributed by atoms with van der Waals surface area (Å²) in [6.07, 6.45) is 0. The van der Waals surface area contributed by atoms with Crippen molar-refractivity contribution in [2.24, 2.45) is 0 Å². The van der Waals surface area contributed by atoms with Crippen molar-refractivity contribution >= 4 is 30.8 Å². The van der Waals surface area contributed by atoms with Gasteiger partial charge >= 0.3 is 0 Å². The lowest BCUT2D eigenvalue weighted by atomic mass is 10.1. The second kappa shape index (κ2) is 3.40. The van der Waals surface area contributed by atoms with Crippen LogP contribution in [0.1, 0.15) is 0 Å². The van der Waals surface area contributed by atoms with Crippen LogP contribution < -0.4 is 5.30 Å². The van der Waals surface area contributed by atoms with E-state index >= 15 is 0 Å². The minimum absolute atomic E-state index is 1.28.